The van der Waals surface area contributed by atoms with E-state index in [9.17, 15) is 13.2 Å². The summed E-state index contributed by atoms with van der Waals surface area (Å²) < 4.78 is 26.8. The van der Waals surface area contributed by atoms with Gasteiger partial charge in [0.05, 0.1) is 10.5 Å². The first-order chi connectivity index (χ1) is 9.77. The molecular formula is C14H22N2O4S. The standard InChI is InChI=1S/C14H22N2O4S/c1-4-11-6-7-12(10-13(11)14(17)18)21(19,20)15-8-5-9-16(2)3/h6-7,10,15H,4-5,8-9H2,1-3H3,(H,17,18). The lowest BCUT2D eigenvalue weighted by molar-refractivity contribution is 0.0695. The van der Waals surface area contributed by atoms with E-state index < -0.39 is 16.0 Å². The molecule has 1 aromatic rings. The number of benzene rings is 1. The monoisotopic (exact) mass is 314 g/mol. The van der Waals surface area contributed by atoms with Gasteiger partial charge in [-0.05, 0) is 51.2 Å². The molecule has 0 aliphatic heterocycles. The van der Waals surface area contributed by atoms with Gasteiger partial charge in [0.1, 0.15) is 0 Å². The van der Waals surface area contributed by atoms with Crippen molar-refractivity contribution in [2.45, 2.75) is 24.7 Å². The third-order valence-corrected chi connectivity index (χ3v) is 4.54. The molecule has 2 N–H and O–H groups in total. The van der Waals surface area contributed by atoms with Crippen LogP contribution in [0.2, 0.25) is 0 Å². The number of hydrogen-bond donors (Lipinski definition) is 2. The van der Waals surface area contributed by atoms with E-state index >= 15 is 0 Å². The number of nitrogens with zero attached hydrogens (tertiary/aromatic N) is 1. The SMILES string of the molecule is CCc1ccc(S(=O)(=O)NCCCN(C)C)cc1C(=O)O. The average Bonchev–Trinajstić information content (AvgIpc) is 2.42. The van der Waals surface area contributed by atoms with Crippen LogP contribution in [0.1, 0.15) is 29.3 Å². The second kappa shape index (κ2) is 7.53. The lowest BCUT2D eigenvalue weighted by Gasteiger charge is -2.11. The van der Waals surface area contributed by atoms with Crippen LogP contribution in [-0.4, -0.2) is 51.6 Å². The fraction of sp³-hybridized carbons (Fsp3) is 0.500. The highest BCUT2D eigenvalue weighted by Crippen LogP contribution is 2.17. The number of aryl methyl sites for hydroxylation is 1. The van der Waals surface area contributed by atoms with Crippen molar-refractivity contribution in [3.05, 3.63) is 29.3 Å². The van der Waals surface area contributed by atoms with E-state index in [0.717, 1.165) is 6.54 Å². The van der Waals surface area contributed by atoms with Crippen LogP contribution in [0.5, 0.6) is 0 Å². The first-order valence-electron chi connectivity index (χ1n) is 6.78. The Kier molecular flexibility index (Phi) is 6.32. The minimum absolute atomic E-state index is 0.0121. The molecule has 0 saturated heterocycles. The summed E-state index contributed by atoms with van der Waals surface area (Å²) in [6.07, 6.45) is 1.23. The van der Waals surface area contributed by atoms with Gasteiger partial charge in [-0.3, -0.25) is 0 Å². The number of sulfonamides is 1. The van der Waals surface area contributed by atoms with E-state index in [1.54, 1.807) is 6.07 Å². The zero-order valence-corrected chi connectivity index (χ0v) is 13.4. The summed E-state index contributed by atoms with van der Waals surface area (Å²) in [5.74, 6) is -1.11. The van der Waals surface area contributed by atoms with Crippen LogP contribution in [0, 0.1) is 0 Å². The highest BCUT2D eigenvalue weighted by molar-refractivity contribution is 7.89. The normalized spacial score (nSPS) is 11.8. The second-order valence-corrected chi connectivity index (χ2v) is 6.80. The van der Waals surface area contributed by atoms with E-state index in [4.69, 9.17) is 5.11 Å². The van der Waals surface area contributed by atoms with Crippen molar-refractivity contribution in [3.8, 4) is 0 Å². The summed E-state index contributed by atoms with van der Waals surface area (Å²) in [6.45, 7) is 2.92. The van der Waals surface area contributed by atoms with Crippen LogP contribution >= 0.6 is 0 Å². The molecule has 0 saturated carbocycles. The van der Waals surface area contributed by atoms with E-state index in [1.165, 1.54) is 12.1 Å². The van der Waals surface area contributed by atoms with Crippen molar-refractivity contribution < 1.29 is 18.3 Å². The van der Waals surface area contributed by atoms with Crippen LogP contribution in [0.15, 0.2) is 23.1 Å². The lowest BCUT2D eigenvalue weighted by atomic mass is 10.1. The number of carbonyl (C=O) groups is 1. The number of nitrogens with one attached hydrogen (secondary N) is 1. The second-order valence-electron chi connectivity index (χ2n) is 5.03. The molecule has 0 radical (unpaired) electrons. The lowest BCUT2D eigenvalue weighted by Crippen LogP contribution is -2.27. The van der Waals surface area contributed by atoms with Crippen molar-refractivity contribution in [1.82, 2.24) is 9.62 Å². The van der Waals surface area contributed by atoms with Crippen molar-refractivity contribution >= 4 is 16.0 Å². The minimum atomic E-state index is -3.67. The average molecular weight is 314 g/mol. The van der Waals surface area contributed by atoms with Crippen LogP contribution < -0.4 is 4.72 Å². The third kappa shape index (κ3) is 5.11. The smallest absolute Gasteiger partial charge is 0.336 e. The highest BCUT2D eigenvalue weighted by atomic mass is 32.2. The summed E-state index contributed by atoms with van der Waals surface area (Å²) in [7, 11) is 0.157. The maximum Gasteiger partial charge on any atom is 0.336 e. The van der Waals surface area contributed by atoms with Gasteiger partial charge in [0.2, 0.25) is 10.0 Å². The molecule has 1 rings (SSSR count). The first kappa shape index (κ1) is 17.6. The predicted octanol–water partition coefficient (Wildman–Crippen LogP) is 1.18. The Hall–Kier alpha value is -1.44. The summed E-state index contributed by atoms with van der Waals surface area (Å²) >= 11 is 0. The van der Waals surface area contributed by atoms with Crippen molar-refractivity contribution in [3.63, 3.8) is 0 Å². The Morgan fingerprint density at radius 2 is 2.00 bits per heavy atom. The third-order valence-electron chi connectivity index (χ3n) is 3.08. The molecule has 0 aliphatic rings. The van der Waals surface area contributed by atoms with Crippen LogP contribution in [-0.2, 0) is 16.4 Å². The molecular weight excluding hydrogens is 292 g/mol. The summed E-state index contributed by atoms with van der Waals surface area (Å²) in [6, 6.07) is 4.22. The molecule has 0 spiro atoms. The van der Waals surface area contributed by atoms with Crippen LogP contribution in [0.3, 0.4) is 0 Å². The zero-order valence-electron chi connectivity index (χ0n) is 12.6. The maximum absolute atomic E-state index is 12.1. The zero-order chi connectivity index (χ0) is 16.0. The fourth-order valence-corrected chi connectivity index (χ4v) is 3.02. The van der Waals surface area contributed by atoms with Crippen LogP contribution in [0.4, 0.5) is 0 Å². The molecule has 118 valence electrons. The number of rotatable bonds is 8. The molecule has 21 heavy (non-hydrogen) atoms. The molecule has 0 aliphatic carbocycles. The maximum atomic E-state index is 12.1. The molecule has 0 atom stereocenters. The molecule has 0 amide bonds. The van der Waals surface area contributed by atoms with Gasteiger partial charge in [0.15, 0.2) is 0 Å². The Labute approximate surface area is 125 Å². The van der Waals surface area contributed by atoms with Gasteiger partial charge in [0.25, 0.3) is 0 Å². The molecule has 0 fully saturated rings. The van der Waals surface area contributed by atoms with Crippen molar-refractivity contribution in [1.29, 1.82) is 0 Å². The van der Waals surface area contributed by atoms with E-state index in [0.29, 0.717) is 24.9 Å². The molecule has 6 nitrogen and oxygen atoms in total. The van der Waals surface area contributed by atoms with Gasteiger partial charge >= 0.3 is 5.97 Å². The number of carboxylic acid groups (broad SMARTS) is 1. The first-order valence-corrected chi connectivity index (χ1v) is 8.27. The summed E-state index contributed by atoms with van der Waals surface area (Å²) in [5.41, 5.74) is 0.655. The topological polar surface area (TPSA) is 86.7 Å². The molecule has 1 aromatic carbocycles. The van der Waals surface area contributed by atoms with Crippen molar-refractivity contribution in [2.24, 2.45) is 0 Å². The minimum Gasteiger partial charge on any atom is -0.478 e. The molecule has 0 bridgehead atoms. The Morgan fingerprint density at radius 1 is 1.33 bits per heavy atom. The van der Waals surface area contributed by atoms with Gasteiger partial charge in [-0.1, -0.05) is 13.0 Å². The molecule has 0 aromatic heterocycles. The number of aromatic carboxylic acids is 1. The van der Waals surface area contributed by atoms with Gasteiger partial charge < -0.3 is 10.0 Å². The number of hydrogen-bond acceptors (Lipinski definition) is 4. The Bertz CT molecular complexity index is 597. The predicted molar refractivity (Wildman–Crippen MR) is 81.1 cm³/mol. The Morgan fingerprint density at radius 3 is 2.52 bits per heavy atom. The van der Waals surface area contributed by atoms with Gasteiger partial charge in [-0.2, -0.15) is 0 Å². The van der Waals surface area contributed by atoms with E-state index in [2.05, 4.69) is 4.72 Å². The fourth-order valence-electron chi connectivity index (χ4n) is 1.92. The van der Waals surface area contributed by atoms with Gasteiger partial charge in [-0.25, -0.2) is 17.9 Å². The quantitative estimate of drug-likeness (QED) is 0.704. The van der Waals surface area contributed by atoms with Crippen LogP contribution in [0.25, 0.3) is 0 Å². The van der Waals surface area contributed by atoms with E-state index in [1.807, 2.05) is 25.9 Å². The largest absolute Gasteiger partial charge is 0.478 e. The van der Waals surface area contributed by atoms with Crippen molar-refractivity contribution in [2.75, 3.05) is 27.2 Å². The highest BCUT2D eigenvalue weighted by Gasteiger charge is 2.17. The van der Waals surface area contributed by atoms with Gasteiger partial charge in [0, 0.05) is 6.54 Å². The molecule has 7 heteroatoms. The van der Waals surface area contributed by atoms with E-state index in [-0.39, 0.29) is 10.5 Å². The Balaban J connectivity index is 2.88. The van der Waals surface area contributed by atoms with Gasteiger partial charge in [-0.15, -0.1) is 0 Å². The molecule has 0 heterocycles. The molecule has 0 unspecified atom stereocenters. The summed E-state index contributed by atoms with van der Waals surface area (Å²) in [5, 5.41) is 9.14. The number of carboxylic acids is 1. The summed E-state index contributed by atoms with van der Waals surface area (Å²) in [4.78, 5) is 13.1.